The molecule has 0 amide bonds. The van der Waals surface area contributed by atoms with Crippen molar-refractivity contribution in [3.63, 3.8) is 0 Å². The van der Waals surface area contributed by atoms with E-state index in [1.54, 1.807) is 6.08 Å². The highest BCUT2D eigenvalue weighted by molar-refractivity contribution is 5.84. The lowest BCUT2D eigenvalue weighted by molar-refractivity contribution is -0.156. The number of allylic oxidation sites excluding steroid dienone is 1. The van der Waals surface area contributed by atoms with Crippen LogP contribution in [0.4, 0.5) is 0 Å². The molecule has 0 spiro atoms. The van der Waals surface area contributed by atoms with Gasteiger partial charge in [-0.3, -0.25) is 14.4 Å². The normalized spacial score (nSPS) is 25.6. The van der Waals surface area contributed by atoms with Gasteiger partial charge in [-0.15, -0.1) is 0 Å². The Kier molecular flexibility index (Phi) is 14.4. The van der Waals surface area contributed by atoms with Crippen LogP contribution in [0.25, 0.3) is 0 Å². The van der Waals surface area contributed by atoms with Crippen molar-refractivity contribution < 1.29 is 38.1 Å². The van der Waals surface area contributed by atoms with Crippen LogP contribution in [0.2, 0.25) is 0 Å². The highest BCUT2D eigenvalue weighted by Gasteiger charge is 2.40. The Hall–Kier alpha value is -2.38. The maximum atomic E-state index is 11.9. The van der Waals surface area contributed by atoms with E-state index in [9.17, 15) is 19.2 Å². The first kappa shape index (κ1) is 35.6. The van der Waals surface area contributed by atoms with Gasteiger partial charge in [0.05, 0.1) is 25.0 Å². The quantitative estimate of drug-likeness (QED) is 0.175. The molecular weight excluding hydrogens is 512 g/mol. The number of carbonyl (C=O) groups excluding carboxylic acids is 4. The third kappa shape index (κ3) is 12.9. The van der Waals surface area contributed by atoms with Crippen LogP contribution >= 0.6 is 0 Å². The lowest BCUT2D eigenvalue weighted by Gasteiger charge is -2.20. The fourth-order valence-corrected chi connectivity index (χ4v) is 5.60. The molecule has 2 aliphatic rings. The van der Waals surface area contributed by atoms with Crippen LogP contribution in [0.5, 0.6) is 0 Å². The van der Waals surface area contributed by atoms with Crippen LogP contribution in [0.3, 0.4) is 0 Å². The van der Waals surface area contributed by atoms with E-state index in [0.29, 0.717) is 32.0 Å². The summed E-state index contributed by atoms with van der Waals surface area (Å²) in [5, 5.41) is 0. The Morgan fingerprint density at radius 3 is 1.73 bits per heavy atom. The summed E-state index contributed by atoms with van der Waals surface area (Å²) in [5.74, 6) is -0.0684. The first-order valence-corrected chi connectivity index (χ1v) is 15.0. The lowest BCUT2D eigenvalue weighted by Crippen LogP contribution is -2.25. The Labute approximate surface area is 241 Å². The van der Waals surface area contributed by atoms with E-state index in [4.69, 9.17) is 18.9 Å². The largest absolute Gasteiger partial charge is 0.466 e. The molecule has 0 N–H and O–H groups in total. The summed E-state index contributed by atoms with van der Waals surface area (Å²) < 4.78 is 20.9. The molecule has 8 nitrogen and oxygen atoms in total. The molecule has 40 heavy (non-hydrogen) atoms. The van der Waals surface area contributed by atoms with Crippen molar-refractivity contribution in [1.82, 2.24) is 0 Å². The fraction of sp³-hybridized carbons (Fsp3) is 0.812. The standard InChI is InChI=1S/C16H28O4.C16H26O4/c2*1-6-12-8-11(9-13(12)15(18)19-7-2)10-14(17)20-16(3,4)5/h11-13H,6-10H2,1-5H3;10,12-13H,6-9H2,1-5H3. The van der Waals surface area contributed by atoms with Gasteiger partial charge in [0, 0.05) is 12.5 Å². The average molecular weight is 567 g/mol. The molecule has 0 aromatic rings. The van der Waals surface area contributed by atoms with Crippen molar-refractivity contribution in [3.8, 4) is 0 Å². The Bertz CT molecular complexity index is 876. The van der Waals surface area contributed by atoms with Crippen molar-refractivity contribution in [1.29, 1.82) is 0 Å². The van der Waals surface area contributed by atoms with E-state index < -0.39 is 11.2 Å². The summed E-state index contributed by atoms with van der Waals surface area (Å²) in [6, 6.07) is 0. The van der Waals surface area contributed by atoms with Crippen LogP contribution in [0, 0.1) is 29.6 Å². The molecule has 230 valence electrons. The Balaban J connectivity index is 0.000000400. The van der Waals surface area contributed by atoms with E-state index in [2.05, 4.69) is 13.8 Å². The minimum Gasteiger partial charge on any atom is -0.466 e. The van der Waals surface area contributed by atoms with Crippen molar-refractivity contribution in [2.45, 2.75) is 125 Å². The topological polar surface area (TPSA) is 105 Å². The number of carbonyl (C=O) groups is 4. The molecule has 2 rings (SSSR count). The van der Waals surface area contributed by atoms with Crippen molar-refractivity contribution in [2.75, 3.05) is 13.2 Å². The maximum absolute atomic E-state index is 11.9. The van der Waals surface area contributed by atoms with Crippen LogP contribution in [0.15, 0.2) is 11.6 Å². The molecule has 8 heteroatoms. The van der Waals surface area contributed by atoms with Crippen LogP contribution < -0.4 is 0 Å². The maximum Gasteiger partial charge on any atom is 0.331 e. The van der Waals surface area contributed by atoms with Crippen molar-refractivity contribution in [2.24, 2.45) is 29.6 Å². The molecule has 2 saturated carbocycles. The van der Waals surface area contributed by atoms with E-state index >= 15 is 0 Å². The summed E-state index contributed by atoms with van der Waals surface area (Å²) in [5.41, 5.74) is 0.0573. The summed E-state index contributed by atoms with van der Waals surface area (Å²) in [6.45, 7) is 19.7. The van der Waals surface area contributed by atoms with Crippen LogP contribution in [-0.2, 0) is 38.1 Å². The van der Waals surface area contributed by atoms with E-state index in [1.165, 1.54) is 0 Å². The van der Waals surface area contributed by atoms with E-state index in [-0.39, 0.29) is 47.5 Å². The summed E-state index contributed by atoms with van der Waals surface area (Å²) in [6.07, 6.45) is 6.87. The van der Waals surface area contributed by atoms with Gasteiger partial charge in [-0.2, -0.15) is 0 Å². The summed E-state index contributed by atoms with van der Waals surface area (Å²) in [7, 11) is 0. The van der Waals surface area contributed by atoms with Gasteiger partial charge in [-0.1, -0.05) is 32.3 Å². The van der Waals surface area contributed by atoms with Crippen LogP contribution in [-0.4, -0.2) is 48.3 Å². The second kappa shape index (κ2) is 16.2. The zero-order valence-corrected chi connectivity index (χ0v) is 26.6. The summed E-state index contributed by atoms with van der Waals surface area (Å²) >= 11 is 0. The molecular formula is C32H54O8. The second-order valence-corrected chi connectivity index (χ2v) is 12.9. The minimum absolute atomic E-state index is 0.0487. The molecule has 0 heterocycles. The second-order valence-electron chi connectivity index (χ2n) is 12.9. The molecule has 5 unspecified atom stereocenters. The Morgan fingerprint density at radius 1 is 0.725 bits per heavy atom. The SMILES string of the molecule is CCOC(=O)C1CC(=CC(=O)OC(C)(C)C)CC1CC.CCOC(=O)C1CC(CC(=O)OC(C)(C)C)CC1CC. The molecule has 2 fully saturated rings. The molecule has 0 saturated heterocycles. The number of rotatable bonds is 9. The highest BCUT2D eigenvalue weighted by Crippen LogP contribution is 2.41. The van der Waals surface area contributed by atoms with E-state index in [1.807, 2.05) is 55.4 Å². The smallest absolute Gasteiger partial charge is 0.331 e. The number of hydrogen-bond acceptors (Lipinski definition) is 8. The number of ether oxygens (including phenoxy) is 4. The fourth-order valence-electron chi connectivity index (χ4n) is 5.60. The molecule has 0 radical (unpaired) electrons. The Morgan fingerprint density at radius 2 is 1.25 bits per heavy atom. The zero-order chi connectivity index (χ0) is 30.7. The van der Waals surface area contributed by atoms with Crippen molar-refractivity contribution in [3.05, 3.63) is 11.6 Å². The monoisotopic (exact) mass is 566 g/mol. The number of hydrogen-bond donors (Lipinski definition) is 0. The molecule has 5 atom stereocenters. The molecule has 0 aromatic heterocycles. The third-order valence-electron chi connectivity index (χ3n) is 7.20. The zero-order valence-electron chi connectivity index (χ0n) is 26.6. The first-order valence-electron chi connectivity index (χ1n) is 15.0. The average Bonchev–Trinajstić information content (AvgIpc) is 3.41. The van der Waals surface area contributed by atoms with Gasteiger partial charge in [0.25, 0.3) is 0 Å². The lowest BCUT2D eigenvalue weighted by atomic mass is 9.94. The molecule has 0 aliphatic heterocycles. The van der Waals surface area contributed by atoms with Gasteiger partial charge >= 0.3 is 23.9 Å². The molecule has 0 aromatic carbocycles. The first-order chi connectivity index (χ1) is 18.5. The highest BCUT2D eigenvalue weighted by atomic mass is 16.6. The van der Waals surface area contributed by atoms with Crippen molar-refractivity contribution >= 4 is 23.9 Å². The van der Waals surface area contributed by atoms with E-state index in [0.717, 1.165) is 37.7 Å². The summed E-state index contributed by atoms with van der Waals surface area (Å²) in [4.78, 5) is 47.5. The van der Waals surface area contributed by atoms with Gasteiger partial charge in [0.15, 0.2) is 0 Å². The predicted molar refractivity (Wildman–Crippen MR) is 154 cm³/mol. The van der Waals surface area contributed by atoms with Gasteiger partial charge < -0.3 is 18.9 Å². The minimum atomic E-state index is -0.489. The third-order valence-corrected chi connectivity index (χ3v) is 7.20. The molecule has 2 aliphatic carbocycles. The number of esters is 4. The molecule has 0 bridgehead atoms. The predicted octanol–water partition coefficient (Wildman–Crippen LogP) is 6.59. The van der Waals surface area contributed by atoms with Gasteiger partial charge in [-0.25, -0.2) is 4.79 Å². The van der Waals surface area contributed by atoms with Gasteiger partial charge in [0.1, 0.15) is 11.2 Å². The van der Waals surface area contributed by atoms with Gasteiger partial charge in [0.2, 0.25) is 0 Å². The van der Waals surface area contributed by atoms with Gasteiger partial charge in [-0.05, 0) is 98.8 Å². The van der Waals surface area contributed by atoms with Crippen LogP contribution in [0.1, 0.15) is 114 Å².